The second-order valence-electron chi connectivity index (χ2n) is 8.72. The first-order valence-corrected chi connectivity index (χ1v) is 11.6. The number of nitrogens with zero attached hydrogens (tertiary/aromatic N) is 2. The Labute approximate surface area is 197 Å². The van der Waals surface area contributed by atoms with Gasteiger partial charge in [0.2, 0.25) is 0 Å². The Bertz CT molecular complexity index is 896. The molecule has 1 amide bonds. The van der Waals surface area contributed by atoms with Crippen LogP contribution in [0.1, 0.15) is 48.7 Å². The van der Waals surface area contributed by atoms with E-state index in [0.29, 0.717) is 18.4 Å². The maximum absolute atomic E-state index is 12.7. The van der Waals surface area contributed by atoms with Gasteiger partial charge in [-0.2, -0.15) is 0 Å². The fraction of sp³-hybridized carbons (Fsp3) is 0.407. The van der Waals surface area contributed by atoms with Crippen LogP contribution in [0.3, 0.4) is 0 Å². The minimum absolute atomic E-state index is 0.164. The van der Waals surface area contributed by atoms with Crippen molar-refractivity contribution in [2.24, 2.45) is 0 Å². The first-order chi connectivity index (χ1) is 15.9. The first-order valence-electron chi connectivity index (χ1n) is 11.6. The molecule has 1 aromatic carbocycles. The van der Waals surface area contributed by atoms with E-state index < -0.39 is 11.6 Å². The number of likely N-dealkylation sites (tertiary alicyclic amines) is 1. The molecule has 0 radical (unpaired) electrons. The molecule has 2 heterocycles. The van der Waals surface area contributed by atoms with E-state index >= 15 is 0 Å². The fourth-order valence-corrected chi connectivity index (χ4v) is 4.13. The summed E-state index contributed by atoms with van der Waals surface area (Å²) in [6.07, 6.45) is 7.95. The van der Waals surface area contributed by atoms with Crippen molar-refractivity contribution in [3.05, 3.63) is 85.2 Å². The monoisotopic (exact) mass is 449 g/mol. The highest BCUT2D eigenvalue weighted by molar-refractivity contribution is 5.94. The summed E-state index contributed by atoms with van der Waals surface area (Å²) in [5, 5.41) is 13.7. The van der Waals surface area contributed by atoms with Crippen molar-refractivity contribution in [1.82, 2.24) is 15.2 Å². The second kappa shape index (κ2) is 11.8. The van der Waals surface area contributed by atoms with E-state index in [1.54, 1.807) is 31.2 Å². The van der Waals surface area contributed by atoms with Gasteiger partial charge in [0.1, 0.15) is 11.9 Å². The predicted molar refractivity (Wildman–Crippen MR) is 131 cm³/mol. The number of carbonyl (C=O) groups excluding carboxylic acids is 1. The van der Waals surface area contributed by atoms with Gasteiger partial charge in [0.05, 0.1) is 17.3 Å². The van der Waals surface area contributed by atoms with Gasteiger partial charge in [0.25, 0.3) is 5.91 Å². The minimum atomic E-state index is -1.10. The molecule has 33 heavy (non-hydrogen) atoms. The van der Waals surface area contributed by atoms with Crippen molar-refractivity contribution < 1.29 is 14.6 Å². The second-order valence-corrected chi connectivity index (χ2v) is 8.72. The van der Waals surface area contributed by atoms with Crippen LogP contribution in [-0.2, 0) is 6.54 Å². The normalized spacial score (nSPS) is 16.1. The zero-order chi connectivity index (χ0) is 23.7. The SMILES string of the molecule is C=CCC(O)(CC=C)[C@H](C)NC(=O)c1ccc(OC2CCN(Cc3ccccn3)CC2)cc1. The number of amides is 1. The molecule has 176 valence electrons. The Morgan fingerprint density at radius 3 is 2.45 bits per heavy atom. The Balaban J connectivity index is 1.48. The number of aliphatic hydroxyl groups is 1. The smallest absolute Gasteiger partial charge is 0.251 e. The van der Waals surface area contributed by atoms with Crippen LogP contribution in [-0.4, -0.2) is 51.7 Å². The van der Waals surface area contributed by atoms with Gasteiger partial charge >= 0.3 is 0 Å². The van der Waals surface area contributed by atoms with Gasteiger partial charge in [0.15, 0.2) is 0 Å². The number of benzene rings is 1. The minimum Gasteiger partial charge on any atom is -0.490 e. The van der Waals surface area contributed by atoms with E-state index in [2.05, 4.69) is 34.4 Å². The molecule has 1 atom stereocenters. The molecule has 2 N–H and O–H groups in total. The summed E-state index contributed by atoms with van der Waals surface area (Å²) >= 11 is 0. The summed E-state index contributed by atoms with van der Waals surface area (Å²) in [6, 6.07) is 12.7. The van der Waals surface area contributed by atoms with Crippen LogP contribution >= 0.6 is 0 Å². The Morgan fingerprint density at radius 1 is 1.21 bits per heavy atom. The van der Waals surface area contributed by atoms with E-state index in [9.17, 15) is 9.90 Å². The number of hydrogen-bond acceptors (Lipinski definition) is 5. The summed E-state index contributed by atoms with van der Waals surface area (Å²) in [6.45, 7) is 12.0. The van der Waals surface area contributed by atoms with E-state index in [0.717, 1.165) is 43.9 Å². The molecule has 1 aromatic heterocycles. The van der Waals surface area contributed by atoms with Crippen LogP contribution in [0, 0.1) is 0 Å². The standard InChI is InChI=1S/C27H35N3O3/c1-4-15-27(32,16-5-2)21(3)29-26(31)22-9-11-24(12-10-22)33-25-13-18-30(19-14-25)20-23-8-6-7-17-28-23/h4-12,17,21,25,32H,1-2,13-16,18-20H2,3H3,(H,29,31)/t21-/m0/s1. The molecule has 3 rings (SSSR count). The van der Waals surface area contributed by atoms with E-state index in [-0.39, 0.29) is 12.0 Å². The van der Waals surface area contributed by atoms with Crippen molar-refractivity contribution in [1.29, 1.82) is 0 Å². The van der Waals surface area contributed by atoms with Crippen molar-refractivity contribution in [2.45, 2.75) is 56.9 Å². The fourth-order valence-electron chi connectivity index (χ4n) is 4.13. The highest BCUT2D eigenvalue weighted by Gasteiger charge is 2.32. The summed E-state index contributed by atoms with van der Waals surface area (Å²) in [5.74, 6) is 0.529. The maximum Gasteiger partial charge on any atom is 0.251 e. The van der Waals surface area contributed by atoms with Crippen LogP contribution in [0.2, 0.25) is 0 Å². The number of rotatable bonds is 11. The Kier molecular flexibility index (Phi) is 8.80. The van der Waals surface area contributed by atoms with Crippen LogP contribution in [0.4, 0.5) is 0 Å². The lowest BCUT2D eigenvalue weighted by Gasteiger charge is -2.33. The van der Waals surface area contributed by atoms with Gasteiger partial charge in [-0.1, -0.05) is 18.2 Å². The topological polar surface area (TPSA) is 74.7 Å². The molecule has 0 spiro atoms. The summed E-state index contributed by atoms with van der Waals surface area (Å²) in [5.41, 5.74) is 0.514. The van der Waals surface area contributed by atoms with Crippen LogP contribution in [0.5, 0.6) is 5.75 Å². The Hall–Kier alpha value is -2.96. The highest BCUT2D eigenvalue weighted by atomic mass is 16.5. The third-order valence-electron chi connectivity index (χ3n) is 6.21. The summed E-state index contributed by atoms with van der Waals surface area (Å²) in [4.78, 5) is 19.5. The number of pyridine rings is 1. The van der Waals surface area contributed by atoms with Crippen molar-refractivity contribution in [3.63, 3.8) is 0 Å². The van der Waals surface area contributed by atoms with Gasteiger partial charge in [-0.15, -0.1) is 13.2 Å². The summed E-state index contributed by atoms with van der Waals surface area (Å²) in [7, 11) is 0. The maximum atomic E-state index is 12.7. The first kappa shape index (κ1) is 24.7. The highest BCUT2D eigenvalue weighted by Crippen LogP contribution is 2.23. The van der Waals surface area contributed by atoms with Gasteiger partial charge in [-0.25, -0.2) is 0 Å². The zero-order valence-corrected chi connectivity index (χ0v) is 19.5. The number of piperidine rings is 1. The van der Waals surface area contributed by atoms with E-state index in [1.165, 1.54) is 0 Å². The lowest BCUT2D eigenvalue weighted by molar-refractivity contribution is 0.0127. The zero-order valence-electron chi connectivity index (χ0n) is 19.5. The summed E-state index contributed by atoms with van der Waals surface area (Å²) < 4.78 is 6.15. The van der Waals surface area contributed by atoms with Crippen molar-refractivity contribution in [3.8, 4) is 5.75 Å². The molecule has 1 aliphatic rings. The average molecular weight is 450 g/mol. The average Bonchev–Trinajstić information content (AvgIpc) is 2.82. The van der Waals surface area contributed by atoms with Crippen molar-refractivity contribution in [2.75, 3.05) is 13.1 Å². The molecule has 0 saturated carbocycles. The van der Waals surface area contributed by atoms with E-state index in [4.69, 9.17) is 4.74 Å². The predicted octanol–water partition coefficient (Wildman–Crippen LogP) is 4.13. The van der Waals surface area contributed by atoms with Gasteiger partial charge in [0, 0.05) is 31.4 Å². The number of nitrogens with one attached hydrogen (secondary N) is 1. The molecule has 2 aromatic rings. The molecular weight excluding hydrogens is 414 g/mol. The molecule has 1 saturated heterocycles. The molecule has 1 aliphatic heterocycles. The molecule has 0 unspecified atom stereocenters. The number of hydrogen-bond donors (Lipinski definition) is 2. The number of ether oxygens (including phenoxy) is 1. The molecule has 0 bridgehead atoms. The Morgan fingerprint density at radius 2 is 1.88 bits per heavy atom. The van der Waals surface area contributed by atoms with E-state index in [1.807, 2.05) is 30.5 Å². The van der Waals surface area contributed by atoms with Gasteiger partial charge in [-0.3, -0.25) is 14.7 Å². The third kappa shape index (κ3) is 7.01. The molecular formula is C27H35N3O3. The molecule has 1 fully saturated rings. The number of aromatic nitrogens is 1. The van der Waals surface area contributed by atoms with Crippen LogP contribution in [0.15, 0.2) is 74.0 Å². The quantitative estimate of drug-likeness (QED) is 0.505. The number of carbonyl (C=O) groups is 1. The van der Waals surface area contributed by atoms with Crippen LogP contribution in [0.25, 0.3) is 0 Å². The molecule has 0 aliphatic carbocycles. The third-order valence-corrected chi connectivity index (χ3v) is 6.21. The van der Waals surface area contributed by atoms with Gasteiger partial charge in [-0.05, 0) is 69.0 Å². The lowest BCUT2D eigenvalue weighted by atomic mass is 9.88. The molecule has 6 nitrogen and oxygen atoms in total. The van der Waals surface area contributed by atoms with Crippen LogP contribution < -0.4 is 10.1 Å². The molecule has 6 heteroatoms. The largest absolute Gasteiger partial charge is 0.490 e. The lowest BCUT2D eigenvalue weighted by Crippen LogP contribution is -2.50. The van der Waals surface area contributed by atoms with Gasteiger partial charge < -0.3 is 15.2 Å². The van der Waals surface area contributed by atoms with Crippen molar-refractivity contribution >= 4 is 5.91 Å².